The molecule has 4 amide bonds. The summed E-state index contributed by atoms with van der Waals surface area (Å²) in [4.78, 5) is 42.0. The number of rotatable bonds is 8. The van der Waals surface area contributed by atoms with Gasteiger partial charge in [-0.3, -0.25) is 9.59 Å². The fourth-order valence-electron chi connectivity index (χ4n) is 4.21. The second-order valence-corrected chi connectivity index (χ2v) is 9.57. The second-order valence-electron chi connectivity index (χ2n) is 9.57. The van der Waals surface area contributed by atoms with Gasteiger partial charge in [0, 0.05) is 30.9 Å². The lowest BCUT2D eigenvalue weighted by Gasteiger charge is -2.38. The van der Waals surface area contributed by atoms with Crippen LogP contribution >= 0.6 is 0 Å². The molecule has 13 heteroatoms. The van der Waals surface area contributed by atoms with Crippen molar-refractivity contribution in [3.8, 4) is 5.75 Å². The van der Waals surface area contributed by atoms with E-state index in [0.717, 1.165) is 0 Å². The number of hydrogen-bond donors (Lipinski definition) is 3. The molecule has 1 aliphatic rings. The van der Waals surface area contributed by atoms with Crippen LogP contribution in [0.4, 0.5) is 16.2 Å². The minimum atomic E-state index is -0.461. The number of aliphatic hydroxyl groups excluding tert-OH is 1. The average molecular weight is 537 g/mol. The van der Waals surface area contributed by atoms with Crippen molar-refractivity contribution in [2.24, 2.45) is 5.92 Å². The van der Waals surface area contributed by atoms with Gasteiger partial charge >= 0.3 is 6.03 Å². The van der Waals surface area contributed by atoms with E-state index in [4.69, 9.17) is 4.74 Å². The predicted octanol–water partition coefficient (Wildman–Crippen LogP) is 1.70. The highest BCUT2D eigenvalue weighted by Crippen LogP contribution is 2.30. The Morgan fingerprint density at radius 3 is 2.64 bits per heavy atom. The van der Waals surface area contributed by atoms with E-state index in [1.54, 1.807) is 49.2 Å². The van der Waals surface area contributed by atoms with Crippen molar-refractivity contribution < 1.29 is 24.2 Å². The molecule has 2 aromatic carbocycles. The van der Waals surface area contributed by atoms with Crippen molar-refractivity contribution in [3.63, 3.8) is 0 Å². The first-order valence-corrected chi connectivity index (χ1v) is 12.6. The summed E-state index contributed by atoms with van der Waals surface area (Å²) < 4.78 is 7.60. The minimum absolute atomic E-state index is 0.0980. The number of fused-ring (bicyclic) bond motifs is 1. The third-order valence-corrected chi connectivity index (χ3v) is 6.47. The lowest BCUT2D eigenvalue weighted by atomic mass is 9.99. The second kappa shape index (κ2) is 12.3. The summed E-state index contributed by atoms with van der Waals surface area (Å²) in [5.74, 6) is -0.552. The van der Waals surface area contributed by atoms with Gasteiger partial charge in [0.1, 0.15) is 24.7 Å². The Morgan fingerprint density at radius 1 is 1.18 bits per heavy atom. The van der Waals surface area contributed by atoms with E-state index in [-0.39, 0.29) is 49.0 Å². The van der Waals surface area contributed by atoms with Crippen LogP contribution in [0.3, 0.4) is 0 Å². The summed E-state index contributed by atoms with van der Waals surface area (Å²) in [7, 11) is 1.68. The van der Waals surface area contributed by atoms with Gasteiger partial charge in [0.2, 0.25) is 5.91 Å². The van der Waals surface area contributed by atoms with E-state index in [1.165, 1.54) is 15.9 Å². The summed E-state index contributed by atoms with van der Waals surface area (Å²) in [5.41, 5.74) is 1.31. The van der Waals surface area contributed by atoms with Crippen LogP contribution in [0.2, 0.25) is 0 Å². The van der Waals surface area contributed by atoms with E-state index >= 15 is 0 Å². The molecule has 4 rings (SSSR count). The zero-order valence-corrected chi connectivity index (χ0v) is 22.0. The maximum atomic E-state index is 13.6. The molecule has 0 fully saturated rings. The number of amides is 4. The molecule has 0 aliphatic carbocycles. The van der Waals surface area contributed by atoms with Gasteiger partial charge in [-0.1, -0.05) is 25.1 Å². The largest absolute Gasteiger partial charge is 0.487 e. The number of hydrogen-bond acceptors (Lipinski definition) is 8. The summed E-state index contributed by atoms with van der Waals surface area (Å²) in [5, 5.41) is 26.1. The van der Waals surface area contributed by atoms with E-state index < -0.39 is 12.1 Å². The lowest BCUT2D eigenvalue weighted by Crippen LogP contribution is -2.50. The molecule has 1 aromatic heterocycles. The molecule has 3 N–H and O–H groups in total. The summed E-state index contributed by atoms with van der Waals surface area (Å²) in [6.07, 6.45) is 0.862. The fourth-order valence-corrected chi connectivity index (χ4v) is 4.21. The topological polar surface area (TPSA) is 155 Å². The highest BCUT2D eigenvalue weighted by Gasteiger charge is 2.34. The molecule has 0 saturated carbocycles. The first-order valence-electron chi connectivity index (χ1n) is 12.6. The van der Waals surface area contributed by atoms with Crippen LogP contribution in [0.15, 0.2) is 54.9 Å². The van der Waals surface area contributed by atoms with Gasteiger partial charge in [-0.2, -0.15) is 0 Å². The van der Waals surface area contributed by atoms with Crippen molar-refractivity contribution >= 4 is 29.2 Å². The van der Waals surface area contributed by atoms with Gasteiger partial charge in [-0.05, 0) is 47.7 Å². The molecule has 13 nitrogen and oxygen atoms in total. The van der Waals surface area contributed by atoms with Crippen LogP contribution in [0, 0.1) is 5.92 Å². The first-order chi connectivity index (χ1) is 18.7. The third-order valence-electron chi connectivity index (χ3n) is 6.47. The number of ether oxygens (including phenoxy) is 1. The van der Waals surface area contributed by atoms with Crippen LogP contribution in [0.1, 0.15) is 24.2 Å². The molecule has 39 heavy (non-hydrogen) atoms. The minimum Gasteiger partial charge on any atom is -0.487 e. The number of nitrogens with zero attached hydrogens (tertiary/aromatic N) is 6. The highest BCUT2D eigenvalue weighted by molar-refractivity contribution is 6.00. The molecule has 0 unspecified atom stereocenters. The molecular weight excluding hydrogens is 504 g/mol. The van der Waals surface area contributed by atoms with Gasteiger partial charge < -0.3 is 30.3 Å². The number of benzene rings is 2. The smallest absolute Gasteiger partial charge is 0.321 e. The molecule has 0 bridgehead atoms. The molecule has 1 aliphatic heterocycles. The average Bonchev–Trinajstić information content (AvgIpc) is 3.43. The van der Waals surface area contributed by atoms with Gasteiger partial charge in [0.25, 0.3) is 5.91 Å². The molecular formula is C26H32N8O5. The highest BCUT2D eigenvalue weighted by atomic mass is 16.5. The number of tetrazole rings is 1. The predicted molar refractivity (Wildman–Crippen MR) is 142 cm³/mol. The number of anilines is 2. The summed E-state index contributed by atoms with van der Waals surface area (Å²) in [6.45, 7) is 3.93. The molecule has 0 radical (unpaired) electrons. The van der Waals surface area contributed by atoms with E-state index in [1.807, 2.05) is 25.1 Å². The van der Waals surface area contributed by atoms with Crippen LogP contribution in [-0.4, -0.2) is 91.8 Å². The SMILES string of the molecule is C[C@@H]1CN([C@H](C)CO)C(=O)c2cc(NC(=O)Cn3cnnn3)ccc2O[C@H]1CN(C)C(=O)Nc1ccccc1. The van der Waals surface area contributed by atoms with E-state index in [9.17, 15) is 19.5 Å². The van der Waals surface area contributed by atoms with E-state index in [2.05, 4.69) is 26.2 Å². The van der Waals surface area contributed by atoms with Crippen molar-refractivity contribution in [3.05, 3.63) is 60.4 Å². The van der Waals surface area contributed by atoms with Crippen molar-refractivity contribution in [2.45, 2.75) is 32.5 Å². The normalized spacial score (nSPS) is 17.7. The Bertz CT molecular complexity index is 1290. The summed E-state index contributed by atoms with van der Waals surface area (Å²) >= 11 is 0. The van der Waals surface area contributed by atoms with Crippen molar-refractivity contribution in [1.29, 1.82) is 0 Å². The Balaban J connectivity index is 1.55. The van der Waals surface area contributed by atoms with Crippen molar-refractivity contribution in [2.75, 3.05) is 37.4 Å². The molecule has 2 heterocycles. The molecule has 206 valence electrons. The zero-order valence-electron chi connectivity index (χ0n) is 22.0. The van der Waals surface area contributed by atoms with E-state index in [0.29, 0.717) is 23.7 Å². The number of para-hydroxylation sites is 1. The van der Waals surface area contributed by atoms with Crippen LogP contribution in [-0.2, 0) is 11.3 Å². The van der Waals surface area contributed by atoms with Crippen LogP contribution < -0.4 is 15.4 Å². The van der Waals surface area contributed by atoms with Crippen molar-refractivity contribution in [1.82, 2.24) is 30.0 Å². The maximum absolute atomic E-state index is 13.6. The van der Waals surface area contributed by atoms with Crippen LogP contribution in [0.25, 0.3) is 0 Å². The fraction of sp³-hybridized carbons (Fsp3) is 0.385. The Kier molecular flexibility index (Phi) is 8.71. The number of carbonyl (C=O) groups excluding carboxylic acids is 3. The third kappa shape index (κ3) is 6.87. The number of urea groups is 1. The first kappa shape index (κ1) is 27.5. The Labute approximate surface area is 225 Å². The standard InChI is InChI=1S/C26H32N8O5/c1-17-12-34(18(2)15-35)25(37)21-11-20(28-24(36)14-33-16-27-30-31-33)9-10-22(21)39-23(17)13-32(3)26(38)29-19-7-5-4-6-8-19/h4-11,16-18,23,35H,12-15H2,1-3H3,(H,28,36)(H,29,38)/t17-,18-,23+/m1/s1. The zero-order chi connectivity index (χ0) is 27.9. The Morgan fingerprint density at radius 2 is 1.95 bits per heavy atom. The van der Waals surface area contributed by atoms with Gasteiger partial charge in [-0.15, -0.1) is 5.10 Å². The molecule has 0 saturated heterocycles. The number of nitrogens with one attached hydrogen (secondary N) is 2. The van der Waals surface area contributed by atoms with Crippen LogP contribution in [0.5, 0.6) is 5.75 Å². The lowest BCUT2D eigenvalue weighted by molar-refractivity contribution is -0.116. The van der Waals surface area contributed by atoms with Gasteiger partial charge in [0.15, 0.2) is 0 Å². The molecule has 0 spiro atoms. The summed E-state index contributed by atoms with van der Waals surface area (Å²) in [6, 6.07) is 13.2. The quantitative estimate of drug-likeness (QED) is 0.393. The van der Waals surface area contributed by atoms with Gasteiger partial charge in [-0.25, -0.2) is 9.48 Å². The Hall–Kier alpha value is -4.52. The number of likely N-dealkylation sites (N-methyl/N-ethyl adjacent to an activating group) is 1. The maximum Gasteiger partial charge on any atom is 0.321 e. The number of aromatic nitrogens is 4. The molecule has 3 atom stereocenters. The monoisotopic (exact) mass is 536 g/mol. The number of aliphatic hydroxyl groups is 1. The molecule has 3 aromatic rings. The number of carbonyl (C=O) groups is 3. The van der Waals surface area contributed by atoms with Gasteiger partial charge in [0.05, 0.1) is 24.8 Å².